The van der Waals surface area contributed by atoms with Crippen LogP contribution in [0.3, 0.4) is 0 Å². The maximum atomic E-state index is 13.9. The van der Waals surface area contributed by atoms with Crippen molar-refractivity contribution in [2.75, 3.05) is 19.6 Å². The molecule has 0 unspecified atom stereocenters. The summed E-state index contributed by atoms with van der Waals surface area (Å²) in [6.07, 6.45) is 6.33. The highest BCUT2D eigenvalue weighted by Gasteiger charge is 2.47. The van der Waals surface area contributed by atoms with Gasteiger partial charge in [-0.25, -0.2) is 0 Å². The van der Waals surface area contributed by atoms with E-state index in [0.717, 1.165) is 68.6 Å². The number of hydrogen-bond acceptors (Lipinski definition) is 4. The van der Waals surface area contributed by atoms with Crippen LogP contribution in [0, 0.1) is 0 Å². The van der Waals surface area contributed by atoms with Gasteiger partial charge in [-0.15, -0.1) is 11.3 Å². The molecule has 3 heterocycles. The Bertz CT molecular complexity index is 1250. The van der Waals surface area contributed by atoms with Gasteiger partial charge in [-0.2, -0.15) is 0 Å². The number of rotatable bonds is 7. The minimum atomic E-state index is -0.394. The molecule has 1 saturated carbocycles. The van der Waals surface area contributed by atoms with Crippen molar-refractivity contribution in [1.29, 1.82) is 0 Å². The average Bonchev–Trinajstić information content (AvgIpc) is 3.66. The molecule has 2 aliphatic heterocycles. The van der Waals surface area contributed by atoms with Gasteiger partial charge in [-0.1, -0.05) is 61.4 Å². The standard InChI is InChI=1S/C31H35N3O2S/c35-30(32-17-8-18-33-19-16-22-9-1-2-10-23(22)21-33)28-25-13-5-6-14-26(25)31(36)34(24-11-3-4-12-24)29(28)27-15-7-20-37-27/h1-2,5-7,9-10,13-15,20,24,28-29H,3-4,8,11-12,16-19,21H2,(H,32,35)/t28-,29+/m1/s1. The van der Waals surface area contributed by atoms with Crippen molar-refractivity contribution >= 4 is 23.2 Å². The molecule has 0 radical (unpaired) electrons. The van der Waals surface area contributed by atoms with E-state index in [2.05, 4.69) is 50.8 Å². The summed E-state index contributed by atoms with van der Waals surface area (Å²) in [5.41, 5.74) is 4.44. The summed E-state index contributed by atoms with van der Waals surface area (Å²) in [6.45, 7) is 3.67. The summed E-state index contributed by atoms with van der Waals surface area (Å²) >= 11 is 1.65. The van der Waals surface area contributed by atoms with Crippen molar-refractivity contribution in [3.8, 4) is 0 Å². The molecule has 1 aliphatic carbocycles. The lowest BCUT2D eigenvalue weighted by molar-refractivity contribution is -0.124. The Kier molecular flexibility index (Phi) is 7.12. The number of hydrogen-bond donors (Lipinski definition) is 1. The molecule has 5 nitrogen and oxygen atoms in total. The molecular formula is C31H35N3O2S. The van der Waals surface area contributed by atoms with Gasteiger partial charge in [0.2, 0.25) is 5.91 Å². The molecule has 2 amide bonds. The smallest absolute Gasteiger partial charge is 0.254 e. The second kappa shape index (κ2) is 10.8. The fourth-order valence-corrected chi connectivity index (χ4v) is 7.41. The topological polar surface area (TPSA) is 52.7 Å². The third-order valence-corrected chi connectivity index (χ3v) is 9.31. The molecule has 2 aromatic carbocycles. The quantitative estimate of drug-likeness (QED) is 0.422. The molecule has 1 fully saturated rings. The Hall–Kier alpha value is -2.96. The number of carbonyl (C=O) groups is 2. The van der Waals surface area contributed by atoms with Crippen LogP contribution in [-0.2, 0) is 17.8 Å². The largest absolute Gasteiger partial charge is 0.355 e. The third-order valence-electron chi connectivity index (χ3n) is 8.37. The van der Waals surface area contributed by atoms with Crippen LogP contribution in [0.4, 0.5) is 0 Å². The predicted octanol–water partition coefficient (Wildman–Crippen LogP) is 5.54. The Balaban J connectivity index is 1.19. The van der Waals surface area contributed by atoms with Crippen molar-refractivity contribution in [2.24, 2.45) is 0 Å². The van der Waals surface area contributed by atoms with Gasteiger partial charge in [0.25, 0.3) is 5.91 Å². The van der Waals surface area contributed by atoms with Crippen LogP contribution in [-0.4, -0.2) is 47.3 Å². The molecule has 3 aliphatic rings. The molecule has 0 bridgehead atoms. The first-order valence-corrected chi connectivity index (χ1v) is 14.6. The van der Waals surface area contributed by atoms with E-state index in [4.69, 9.17) is 0 Å². The fourth-order valence-electron chi connectivity index (χ4n) is 6.55. The second-order valence-electron chi connectivity index (χ2n) is 10.6. The highest BCUT2D eigenvalue weighted by atomic mass is 32.1. The zero-order valence-corrected chi connectivity index (χ0v) is 22.1. The molecule has 37 heavy (non-hydrogen) atoms. The van der Waals surface area contributed by atoms with E-state index >= 15 is 0 Å². The molecule has 192 valence electrons. The van der Waals surface area contributed by atoms with Crippen molar-refractivity contribution in [1.82, 2.24) is 15.1 Å². The number of nitrogens with one attached hydrogen (secondary N) is 1. The normalized spacial score (nSPS) is 22.1. The fraction of sp³-hybridized carbons (Fsp3) is 0.419. The van der Waals surface area contributed by atoms with Crippen LogP contribution in [0.15, 0.2) is 66.0 Å². The molecule has 6 heteroatoms. The van der Waals surface area contributed by atoms with Gasteiger partial charge < -0.3 is 10.2 Å². The Morgan fingerprint density at radius 3 is 2.57 bits per heavy atom. The van der Waals surface area contributed by atoms with Crippen molar-refractivity contribution < 1.29 is 9.59 Å². The van der Waals surface area contributed by atoms with E-state index in [1.807, 2.05) is 30.3 Å². The van der Waals surface area contributed by atoms with E-state index in [9.17, 15) is 9.59 Å². The van der Waals surface area contributed by atoms with Crippen LogP contribution in [0.1, 0.15) is 76.0 Å². The third kappa shape index (κ3) is 4.85. The average molecular weight is 514 g/mol. The lowest BCUT2D eigenvalue weighted by Crippen LogP contribution is -2.50. The molecule has 6 rings (SSSR count). The Morgan fingerprint density at radius 1 is 0.973 bits per heavy atom. The van der Waals surface area contributed by atoms with Crippen molar-refractivity contribution in [3.63, 3.8) is 0 Å². The van der Waals surface area contributed by atoms with Gasteiger partial charge in [-0.3, -0.25) is 14.5 Å². The van der Waals surface area contributed by atoms with E-state index < -0.39 is 5.92 Å². The van der Waals surface area contributed by atoms with Crippen molar-refractivity contribution in [3.05, 3.63) is 93.2 Å². The van der Waals surface area contributed by atoms with Gasteiger partial charge in [0.05, 0.1) is 12.0 Å². The number of nitrogens with zero attached hydrogens (tertiary/aromatic N) is 2. The molecular weight excluding hydrogens is 478 g/mol. The lowest BCUT2D eigenvalue weighted by atomic mass is 9.80. The molecule has 0 saturated heterocycles. The Morgan fingerprint density at radius 2 is 1.76 bits per heavy atom. The highest BCUT2D eigenvalue weighted by Crippen LogP contribution is 2.47. The zero-order valence-electron chi connectivity index (χ0n) is 21.3. The van der Waals surface area contributed by atoms with Crippen molar-refractivity contribution in [2.45, 2.75) is 63.1 Å². The van der Waals surface area contributed by atoms with Crippen LogP contribution in [0.25, 0.3) is 0 Å². The summed E-state index contributed by atoms with van der Waals surface area (Å²) in [4.78, 5) is 33.3. The first-order valence-electron chi connectivity index (χ1n) is 13.7. The number of fused-ring (bicyclic) bond motifs is 2. The van der Waals surface area contributed by atoms with Gasteiger partial charge in [0, 0.05) is 42.7 Å². The first-order chi connectivity index (χ1) is 18.2. The molecule has 3 aromatic rings. The number of amides is 2. The summed E-state index contributed by atoms with van der Waals surface area (Å²) in [5, 5.41) is 5.33. The van der Waals surface area contributed by atoms with Crippen LogP contribution < -0.4 is 5.32 Å². The van der Waals surface area contributed by atoms with Gasteiger partial charge in [-0.05, 0) is 59.9 Å². The number of carbonyl (C=O) groups excluding carboxylic acids is 2. The van der Waals surface area contributed by atoms with Crippen LogP contribution >= 0.6 is 11.3 Å². The van der Waals surface area contributed by atoms with Gasteiger partial charge in [0.15, 0.2) is 0 Å². The van der Waals surface area contributed by atoms with Gasteiger partial charge >= 0.3 is 0 Å². The summed E-state index contributed by atoms with van der Waals surface area (Å²) in [7, 11) is 0. The maximum absolute atomic E-state index is 13.9. The number of thiophene rings is 1. The van der Waals surface area contributed by atoms with E-state index in [0.29, 0.717) is 12.1 Å². The molecule has 0 spiro atoms. The summed E-state index contributed by atoms with van der Waals surface area (Å²) in [5.74, 6) is -0.282. The minimum Gasteiger partial charge on any atom is -0.355 e. The lowest BCUT2D eigenvalue weighted by Gasteiger charge is -2.44. The predicted molar refractivity (Wildman–Crippen MR) is 148 cm³/mol. The Labute approximate surface area is 223 Å². The highest BCUT2D eigenvalue weighted by molar-refractivity contribution is 7.10. The van der Waals surface area contributed by atoms with E-state index in [1.165, 1.54) is 11.1 Å². The minimum absolute atomic E-state index is 0.0327. The summed E-state index contributed by atoms with van der Waals surface area (Å²) < 4.78 is 0. The van der Waals surface area contributed by atoms with Crippen LogP contribution in [0.2, 0.25) is 0 Å². The molecule has 1 aromatic heterocycles. The number of benzene rings is 2. The van der Waals surface area contributed by atoms with E-state index in [1.54, 1.807) is 11.3 Å². The summed E-state index contributed by atoms with van der Waals surface area (Å²) in [6, 6.07) is 20.5. The molecule has 1 N–H and O–H groups in total. The second-order valence-corrected chi connectivity index (χ2v) is 11.6. The maximum Gasteiger partial charge on any atom is 0.254 e. The monoisotopic (exact) mass is 513 g/mol. The molecule has 2 atom stereocenters. The zero-order chi connectivity index (χ0) is 25.2. The SMILES string of the molecule is O=C(NCCCN1CCc2ccccc2C1)[C@@H]1c2ccccc2C(=O)N(C2CCCC2)[C@H]1c1cccs1. The van der Waals surface area contributed by atoms with Gasteiger partial charge in [0.1, 0.15) is 0 Å². The van der Waals surface area contributed by atoms with E-state index in [-0.39, 0.29) is 23.9 Å². The first kappa shape index (κ1) is 24.4. The van der Waals surface area contributed by atoms with Crippen LogP contribution in [0.5, 0.6) is 0 Å².